The minimum atomic E-state index is 0.420. The van der Waals surface area contributed by atoms with E-state index < -0.39 is 0 Å². The molecular formula is C13H24N4. The molecule has 4 N–H and O–H groups in total. The van der Waals surface area contributed by atoms with Crippen LogP contribution in [0.2, 0.25) is 0 Å². The molecule has 0 atom stereocenters. The molecule has 2 rings (SSSR count). The Balaban J connectivity index is 2.02. The summed E-state index contributed by atoms with van der Waals surface area (Å²) in [5, 5.41) is 0. The number of rotatable bonds is 1. The van der Waals surface area contributed by atoms with Gasteiger partial charge in [-0.2, -0.15) is 0 Å². The Morgan fingerprint density at radius 2 is 1.82 bits per heavy atom. The SMILES string of the molecule is CC(C)(C)C1CCC(c2ncn(N)c2N)CC1. The van der Waals surface area contributed by atoms with Gasteiger partial charge in [0, 0.05) is 5.92 Å². The quantitative estimate of drug-likeness (QED) is 0.736. The molecule has 1 saturated carbocycles. The third-order valence-corrected chi connectivity index (χ3v) is 4.20. The fourth-order valence-corrected chi connectivity index (χ4v) is 2.93. The fraction of sp³-hybridized carbons (Fsp3) is 0.769. The monoisotopic (exact) mass is 236 g/mol. The lowest BCUT2D eigenvalue weighted by Crippen LogP contribution is -2.25. The predicted molar refractivity (Wildman–Crippen MR) is 70.9 cm³/mol. The van der Waals surface area contributed by atoms with Crippen molar-refractivity contribution in [2.24, 2.45) is 11.3 Å². The molecular weight excluding hydrogens is 212 g/mol. The molecule has 4 heteroatoms. The molecule has 1 aliphatic carbocycles. The summed E-state index contributed by atoms with van der Waals surface area (Å²) in [6.45, 7) is 7.00. The van der Waals surface area contributed by atoms with Crippen LogP contribution in [-0.2, 0) is 0 Å². The van der Waals surface area contributed by atoms with Gasteiger partial charge in [-0.15, -0.1) is 0 Å². The smallest absolute Gasteiger partial charge is 0.145 e. The van der Waals surface area contributed by atoms with Gasteiger partial charge >= 0.3 is 0 Å². The molecule has 0 unspecified atom stereocenters. The molecule has 1 aromatic heterocycles. The van der Waals surface area contributed by atoms with Crippen LogP contribution in [0.1, 0.15) is 58.1 Å². The molecule has 1 aliphatic rings. The normalized spacial score (nSPS) is 26.1. The van der Waals surface area contributed by atoms with E-state index in [1.54, 1.807) is 6.33 Å². The highest BCUT2D eigenvalue weighted by Crippen LogP contribution is 2.43. The van der Waals surface area contributed by atoms with Crippen LogP contribution in [0.15, 0.2) is 6.33 Å². The summed E-state index contributed by atoms with van der Waals surface area (Å²) in [6.07, 6.45) is 6.52. The molecule has 0 aromatic carbocycles. The number of hydrogen-bond acceptors (Lipinski definition) is 3. The van der Waals surface area contributed by atoms with Gasteiger partial charge < -0.3 is 11.6 Å². The lowest BCUT2D eigenvalue weighted by atomic mass is 9.69. The van der Waals surface area contributed by atoms with Crippen LogP contribution in [0.25, 0.3) is 0 Å². The largest absolute Gasteiger partial charge is 0.382 e. The zero-order chi connectivity index (χ0) is 12.6. The van der Waals surface area contributed by atoms with Gasteiger partial charge in [-0.25, -0.2) is 9.66 Å². The van der Waals surface area contributed by atoms with Crippen molar-refractivity contribution in [3.63, 3.8) is 0 Å². The van der Waals surface area contributed by atoms with Crippen LogP contribution >= 0.6 is 0 Å². The second kappa shape index (κ2) is 4.24. The third kappa shape index (κ3) is 2.40. The summed E-state index contributed by atoms with van der Waals surface area (Å²) in [4.78, 5) is 4.34. The van der Waals surface area contributed by atoms with E-state index >= 15 is 0 Å². The van der Waals surface area contributed by atoms with Crippen LogP contribution in [0, 0.1) is 11.3 Å². The summed E-state index contributed by atoms with van der Waals surface area (Å²) in [5.74, 6) is 7.62. The maximum atomic E-state index is 5.93. The summed E-state index contributed by atoms with van der Waals surface area (Å²) in [5.41, 5.74) is 7.35. The maximum absolute atomic E-state index is 5.93. The van der Waals surface area contributed by atoms with Gasteiger partial charge in [0.25, 0.3) is 0 Å². The van der Waals surface area contributed by atoms with E-state index in [1.807, 2.05) is 0 Å². The highest BCUT2D eigenvalue weighted by molar-refractivity contribution is 5.38. The van der Waals surface area contributed by atoms with Crippen molar-refractivity contribution in [1.29, 1.82) is 0 Å². The van der Waals surface area contributed by atoms with E-state index in [1.165, 1.54) is 30.4 Å². The second-order valence-electron chi connectivity index (χ2n) is 6.34. The summed E-state index contributed by atoms with van der Waals surface area (Å²) < 4.78 is 1.42. The summed E-state index contributed by atoms with van der Waals surface area (Å²) in [6, 6.07) is 0. The fourth-order valence-electron chi connectivity index (χ4n) is 2.93. The highest BCUT2D eigenvalue weighted by atomic mass is 15.3. The average molecular weight is 236 g/mol. The van der Waals surface area contributed by atoms with Crippen molar-refractivity contribution in [3.05, 3.63) is 12.0 Å². The average Bonchev–Trinajstić information content (AvgIpc) is 2.59. The number of imidazole rings is 1. The molecule has 0 amide bonds. The van der Waals surface area contributed by atoms with Crippen molar-refractivity contribution >= 4 is 5.82 Å². The van der Waals surface area contributed by atoms with Crippen LogP contribution in [0.5, 0.6) is 0 Å². The predicted octanol–water partition coefficient (Wildman–Crippen LogP) is 2.50. The first kappa shape index (κ1) is 12.3. The third-order valence-electron chi connectivity index (χ3n) is 4.20. The van der Waals surface area contributed by atoms with Gasteiger partial charge in [-0.1, -0.05) is 20.8 Å². The number of aromatic nitrogens is 2. The van der Waals surface area contributed by atoms with Gasteiger partial charge in [0.05, 0.1) is 5.69 Å². The van der Waals surface area contributed by atoms with E-state index in [2.05, 4.69) is 25.8 Å². The van der Waals surface area contributed by atoms with Crippen LogP contribution in [0.3, 0.4) is 0 Å². The van der Waals surface area contributed by atoms with Crippen molar-refractivity contribution < 1.29 is 0 Å². The Morgan fingerprint density at radius 1 is 1.24 bits per heavy atom. The minimum Gasteiger partial charge on any atom is -0.382 e. The molecule has 4 nitrogen and oxygen atoms in total. The second-order valence-corrected chi connectivity index (χ2v) is 6.34. The van der Waals surface area contributed by atoms with E-state index in [4.69, 9.17) is 11.6 Å². The number of anilines is 1. The van der Waals surface area contributed by atoms with Gasteiger partial charge in [0.1, 0.15) is 12.1 Å². The van der Waals surface area contributed by atoms with Crippen molar-refractivity contribution in [2.75, 3.05) is 11.6 Å². The Bertz CT molecular complexity index is 381. The molecule has 0 spiro atoms. The number of nitrogen functional groups attached to an aromatic ring is 2. The lowest BCUT2D eigenvalue weighted by Gasteiger charge is -2.36. The molecule has 0 radical (unpaired) electrons. The van der Waals surface area contributed by atoms with Crippen molar-refractivity contribution in [1.82, 2.24) is 9.66 Å². The van der Waals surface area contributed by atoms with E-state index in [-0.39, 0.29) is 0 Å². The Kier molecular flexibility index (Phi) is 3.06. The maximum Gasteiger partial charge on any atom is 0.145 e. The summed E-state index contributed by atoms with van der Waals surface area (Å²) in [7, 11) is 0. The molecule has 96 valence electrons. The van der Waals surface area contributed by atoms with E-state index in [9.17, 15) is 0 Å². The zero-order valence-corrected chi connectivity index (χ0v) is 11.1. The Hall–Kier alpha value is -1.19. The van der Waals surface area contributed by atoms with Gasteiger partial charge in [0.2, 0.25) is 0 Å². The number of nitrogens with zero attached hydrogens (tertiary/aromatic N) is 2. The van der Waals surface area contributed by atoms with Crippen LogP contribution in [-0.4, -0.2) is 9.66 Å². The topological polar surface area (TPSA) is 69.9 Å². The zero-order valence-electron chi connectivity index (χ0n) is 11.1. The highest BCUT2D eigenvalue weighted by Gasteiger charge is 2.31. The standard InChI is InChI=1S/C13H24N4/c1-13(2,3)10-6-4-9(5-7-10)11-12(14)17(15)8-16-11/h8-10H,4-7,14-15H2,1-3H3. The molecule has 0 aliphatic heterocycles. The van der Waals surface area contributed by atoms with Gasteiger partial charge in [-0.3, -0.25) is 0 Å². The minimum absolute atomic E-state index is 0.420. The first-order chi connectivity index (χ1) is 7.89. The van der Waals surface area contributed by atoms with Crippen molar-refractivity contribution in [3.8, 4) is 0 Å². The number of hydrogen-bond donors (Lipinski definition) is 2. The molecule has 1 heterocycles. The van der Waals surface area contributed by atoms with Crippen LogP contribution in [0.4, 0.5) is 5.82 Å². The lowest BCUT2D eigenvalue weighted by molar-refractivity contribution is 0.168. The van der Waals surface area contributed by atoms with Gasteiger partial charge in [-0.05, 0) is 37.0 Å². The van der Waals surface area contributed by atoms with E-state index in [0.29, 0.717) is 17.2 Å². The van der Waals surface area contributed by atoms with Crippen molar-refractivity contribution in [2.45, 2.75) is 52.4 Å². The molecule has 17 heavy (non-hydrogen) atoms. The van der Waals surface area contributed by atoms with Gasteiger partial charge in [0.15, 0.2) is 0 Å². The molecule has 0 saturated heterocycles. The number of nitrogens with two attached hydrogens (primary N) is 2. The van der Waals surface area contributed by atoms with Crippen LogP contribution < -0.4 is 11.6 Å². The molecule has 1 fully saturated rings. The van der Waals surface area contributed by atoms with E-state index in [0.717, 1.165) is 11.6 Å². The first-order valence-corrected chi connectivity index (χ1v) is 6.47. The first-order valence-electron chi connectivity index (χ1n) is 6.47. The molecule has 0 bridgehead atoms. The molecule has 1 aromatic rings. The Labute approximate surface area is 103 Å². The summed E-state index contributed by atoms with van der Waals surface area (Å²) >= 11 is 0. The Morgan fingerprint density at radius 3 is 2.24 bits per heavy atom.